The van der Waals surface area contributed by atoms with Crippen LogP contribution in [0, 0.1) is 5.92 Å². The fraction of sp³-hybridized carbons (Fsp3) is 1.00. The number of hydrogen-bond acceptors (Lipinski definition) is 3. The fourth-order valence-corrected chi connectivity index (χ4v) is 2.39. The predicted molar refractivity (Wildman–Crippen MR) is 57.4 cm³/mol. The molecule has 2 heterocycles. The van der Waals surface area contributed by atoms with Crippen molar-refractivity contribution < 1.29 is 4.74 Å². The van der Waals surface area contributed by atoms with Crippen molar-refractivity contribution in [2.45, 2.75) is 25.3 Å². The first-order valence-corrected chi connectivity index (χ1v) is 5.84. The molecule has 1 atom stereocenters. The van der Waals surface area contributed by atoms with E-state index in [1.165, 1.54) is 38.9 Å². The van der Waals surface area contributed by atoms with Crippen LogP contribution in [0.5, 0.6) is 0 Å². The number of nitrogens with zero attached hydrogens (tertiary/aromatic N) is 1. The smallest absolute Gasteiger partial charge is 0.0469 e. The minimum atomic E-state index is 0.739. The van der Waals surface area contributed by atoms with Crippen LogP contribution < -0.4 is 5.32 Å². The summed E-state index contributed by atoms with van der Waals surface area (Å²) >= 11 is 0. The first kappa shape index (κ1) is 10.4. The van der Waals surface area contributed by atoms with Gasteiger partial charge in [-0.25, -0.2) is 0 Å². The minimum absolute atomic E-state index is 0.739. The van der Waals surface area contributed by atoms with E-state index >= 15 is 0 Å². The van der Waals surface area contributed by atoms with Crippen molar-refractivity contribution in [3.8, 4) is 0 Å². The van der Waals surface area contributed by atoms with Crippen LogP contribution in [-0.2, 0) is 4.74 Å². The van der Waals surface area contributed by atoms with Gasteiger partial charge in [-0.05, 0) is 45.3 Å². The molecule has 0 saturated carbocycles. The average molecular weight is 198 g/mol. The number of ether oxygens (including phenoxy) is 1. The van der Waals surface area contributed by atoms with E-state index < -0.39 is 0 Å². The van der Waals surface area contributed by atoms with Gasteiger partial charge in [-0.15, -0.1) is 0 Å². The quantitative estimate of drug-likeness (QED) is 0.723. The summed E-state index contributed by atoms with van der Waals surface area (Å²) in [5.41, 5.74) is 0. The maximum atomic E-state index is 5.35. The van der Waals surface area contributed by atoms with E-state index in [-0.39, 0.29) is 0 Å². The van der Waals surface area contributed by atoms with Crippen LogP contribution in [0.2, 0.25) is 0 Å². The molecule has 1 unspecified atom stereocenters. The molecule has 2 aliphatic rings. The molecular weight excluding hydrogens is 176 g/mol. The Hall–Kier alpha value is -0.120. The Morgan fingerprint density at radius 3 is 2.71 bits per heavy atom. The monoisotopic (exact) mass is 198 g/mol. The topological polar surface area (TPSA) is 24.5 Å². The standard InChI is InChI=1S/C11H22N2O/c1-13-5-2-11(9-13)12-8-10-3-6-14-7-4-10/h10-12H,2-9H2,1H3. The highest BCUT2D eigenvalue weighted by Crippen LogP contribution is 2.14. The van der Waals surface area contributed by atoms with Crippen LogP contribution in [0.15, 0.2) is 0 Å². The summed E-state index contributed by atoms with van der Waals surface area (Å²) in [7, 11) is 2.20. The van der Waals surface area contributed by atoms with Crippen LogP contribution in [0.1, 0.15) is 19.3 Å². The van der Waals surface area contributed by atoms with Gasteiger partial charge in [0.15, 0.2) is 0 Å². The summed E-state index contributed by atoms with van der Waals surface area (Å²) < 4.78 is 5.35. The summed E-state index contributed by atoms with van der Waals surface area (Å²) in [6.45, 7) is 5.62. The summed E-state index contributed by atoms with van der Waals surface area (Å²) in [5.74, 6) is 0.856. The normalized spacial score (nSPS) is 31.1. The third-order valence-electron chi connectivity index (χ3n) is 3.43. The Kier molecular flexibility index (Phi) is 3.79. The lowest BCUT2D eigenvalue weighted by Crippen LogP contribution is -2.36. The Morgan fingerprint density at radius 1 is 1.29 bits per heavy atom. The third-order valence-corrected chi connectivity index (χ3v) is 3.43. The van der Waals surface area contributed by atoms with Crippen molar-refractivity contribution in [1.29, 1.82) is 0 Å². The molecule has 0 aromatic heterocycles. The van der Waals surface area contributed by atoms with E-state index in [1.807, 2.05) is 0 Å². The fourth-order valence-electron chi connectivity index (χ4n) is 2.39. The average Bonchev–Trinajstić information content (AvgIpc) is 2.63. The van der Waals surface area contributed by atoms with Gasteiger partial charge in [0.1, 0.15) is 0 Å². The first-order chi connectivity index (χ1) is 6.84. The number of hydrogen-bond donors (Lipinski definition) is 1. The zero-order valence-corrected chi connectivity index (χ0v) is 9.17. The third kappa shape index (κ3) is 2.94. The first-order valence-electron chi connectivity index (χ1n) is 5.84. The van der Waals surface area contributed by atoms with Gasteiger partial charge in [-0.1, -0.05) is 0 Å². The van der Waals surface area contributed by atoms with Gasteiger partial charge in [-0.3, -0.25) is 0 Å². The van der Waals surface area contributed by atoms with E-state index in [4.69, 9.17) is 4.74 Å². The molecule has 0 aromatic carbocycles. The van der Waals surface area contributed by atoms with Crippen LogP contribution in [0.4, 0.5) is 0 Å². The van der Waals surface area contributed by atoms with E-state index in [2.05, 4.69) is 17.3 Å². The number of likely N-dealkylation sites (N-methyl/N-ethyl adjacent to an activating group) is 1. The number of likely N-dealkylation sites (tertiary alicyclic amines) is 1. The lowest BCUT2D eigenvalue weighted by Gasteiger charge is -2.24. The molecule has 0 aliphatic carbocycles. The van der Waals surface area contributed by atoms with Crippen molar-refractivity contribution in [3.63, 3.8) is 0 Å². The summed E-state index contributed by atoms with van der Waals surface area (Å²) in [4.78, 5) is 2.40. The zero-order valence-electron chi connectivity index (χ0n) is 9.17. The molecule has 14 heavy (non-hydrogen) atoms. The van der Waals surface area contributed by atoms with Gasteiger partial charge in [-0.2, -0.15) is 0 Å². The van der Waals surface area contributed by atoms with E-state index in [0.717, 1.165) is 25.2 Å². The van der Waals surface area contributed by atoms with Crippen LogP contribution in [0.3, 0.4) is 0 Å². The highest BCUT2D eigenvalue weighted by atomic mass is 16.5. The van der Waals surface area contributed by atoms with E-state index in [9.17, 15) is 0 Å². The second kappa shape index (κ2) is 5.10. The summed E-state index contributed by atoms with van der Waals surface area (Å²) in [5, 5.41) is 3.68. The second-order valence-corrected chi connectivity index (χ2v) is 4.71. The van der Waals surface area contributed by atoms with Crippen LogP contribution >= 0.6 is 0 Å². The molecule has 3 nitrogen and oxygen atoms in total. The highest BCUT2D eigenvalue weighted by molar-refractivity contribution is 4.80. The molecule has 2 aliphatic heterocycles. The zero-order chi connectivity index (χ0) is 9.80. The van der Waals surface area contributed by atoms with Gasteiger partial charge in [0.25, 0.3) is 0 Å². The molecule has 3 heteroatoms. The van der Waals surface area contributed by atoms with Gasteiger partial charge >= 0.3 is 0 Å². The largest absolute Gasteiger partial charge is 0.381 e. The molecule has 0 bridgehead atoms. The Balaban J connectivity index is 1.61. The van der Waals surface area contributed by atoms with Crippen LogP contribution in [-0.4, -0.2) is 50.8 Å². The van der Waals surface area contributed by atoms with Gasteiger partial charge < -0.3 is 15.0 Å². The van der Waals surface area contributed by atoms with Crippen molar-refractivity contribution in [2.24, 2.45) is 5.92 Å². The maximum absolute atomic E-state index is 5.35. The summed E-state index contributed by atoms with van der Waals surface area (Å²) in [6.07, 6.45) is 3.81. The van der Waals surface area contributed by atoms with E-state index in [1.54, 1.807) is 0 Å². The lowest BCUT2D eigenvalue weighted by atomic mass is 10.00. The Bertz CT molecular complexity index is 164. The lowest BCUT2D eigenvalue weighted by molar-refractivity contribution is 0.0655. The molecule has 2 fully saturated rings. The molecule has 0 radical (unpaired) electrons. The SMILES string of the molecule is CN1CCC(NCC2CCOCC2)C1. The molecule has 0 aromatic rings. The molecule has 0 spiro atoms. The van der Waals surface area contributed by atoms with Gasteiger partial charge in [0.2, 0.25) is 0 Å². The Labute approximate surface area is 86.8 Å². The van der Waals surface area contributed by atoms with Crippen molar-refractivity contribution in [3.05, 3.63) is 0 Å². The van der Waals surface area contributed by atoms with Crippen molar-refractivity contribution >= 4 is 0 Å². The van der Waals surface area contributed by atoms with Crippen molar-refractivity contribution in [2.75, 3.05) is 39.9 Å². The number of nitrogens with one attached hydrogen (secondary N) is 1. The highest BCUT2D eigenvalue weighted by Gasteiger charge is 2.20. The molecule has 82 valence electrons. The van der Waals surface area contributed by atoms with Crippen LogP contribution in [0.25, 0.3) is 0 Å². The maximum Gasteiger partial charge on any atom is 0.0469 e. The minimum Gasteiger partial charge on any atom is -0.381 e. The number of rotatable bonds is 3. The molecular formula is C11H22N2O. The molecule has 1 N–H and O–H groups in total. The van der Waals surface area contributed by atoms with Crippen molar-refractivity contribution in [1.82, 2.24) is 10.2 Å². The Morgan fingerprint density at radius 2 is 2.07 bits per heavy atom. The predicted octanol–water partition coefficient (Wildman–Crippen LogP) is 0.707. The van der Waals surface area contributed by atoms with E-state index in [0.29, 0.717) is 0 Å². The molecule has 0 amide bonds. The van der Waals surface area contributed by atoms with Gasteiger partial charge in [0, 0.05) is 25.8 Å². The van der Waals surface area contributed by atoms with Gasteiger partial charge in [0.05, 0.1) is 0 Å². The summed E-state index contributed by atoms with van der Waals surface area (Å²) in [6, 6.07) is 0.739. The molecule has 2 saturated heterocycles. The second-order valence-electron chi connectivity index (χ2n) is 4.71. The molecule has 2 rings (SSSR count).